The highest BCUT2D eigenvalue weighted by Crippen LogP contribution is 2.00. The molecule has 0 spiro atoms. The summed E-state index contributed by atoms with van der Waals surface area (Å²) in [6.45, 7) is 6.99. The highest BCUT2D eigenvalue weighted by Gasteiger charge is 2.25. The van der Waals surface area contributed by atoms with Crippen LogP contribution in [0.3, 0.4) is 0 Å². The molecule has 0 fully saturated rings. The predicted molar refractivity (Wildman–Crippen MR) is 54.2 cm³/mol. The molecule has 0 aliphatic carbocycles. The van der Waals surface area contributed by atoms with Gasteiger partial charge >= 0.3 is 0 Å². The highest BCUT2D eigenvalue weighted by atomic mass is 16.2. The Morgan fingerprint density at radius 3 is 2.62 bits per heavy atom. The minimum absolute atomic E-state index is 0.00963. The van der Waals surface area contributed by atoms with Gasteiger partial charge in [-0.2, -0.15) is 0 Å². The number of hydrogen-bond donors (Lipinski definition) is 2. The molecule has 0 aromatic rings. The third-order valence-electron chi connectivity index (χ3n) is 1.74. The molecule has 0 unspecified atom stereocenters. The second-order valence-electron chi connectivity index (χ2n) is 3.37. The van der Waals surface area contributed by atoms with Gasteiger partial charge in [-0.3, -0.25) is 4.79 Å². The highest BCUT2D eigenvalue weighted by molar-refractivity contribution is 5.85. The molecule has 0 heterocycles. The molecule has 2 N–H and O–H groups in total. The molecule has 0 aliphatic heterocycles. The van der Waals surface area contributed by atoms with Crippen LogP contribution in [0.4, 0.5) is 0 Å². The summed E-state index contributed by atoms with van der Waals surface area (Å²) in [5.74, 6) is 2.46. The number of carbonyl (C=O) groups is 1. The Morgan fingerprint density at radius 1 is 1.54 bits per heavy atom. The molecule has 0 atom stereocenters. The van der Waals surface area contributed by atoms with E-state index in [0.717, 1.165) is 6.54 Å². The fourth-order valence-corrected chi connectivity index (χ4v) is 0.991. The summed E-state index contributed by atoms with van der Waals surface area (Å²) in [5, 5.41) is 5.85. The summed E-state index contributed by atoms with van der Waals surface area (Å²) in [7, 11) is 0. The maximum absolute atomic E-state index is 11.5. The van der Waals surface area contributed by atoms with Crippen molar-refractivity contribution in [2.45, 2.75) is 32.7 Å². The van der Waals surface area contributed by atoms with Crippen LogP contribution in [0, 0.1) is 12.3 Å². The maximum Gasteiger partial charge on any atom is 0.239 e. The second kappa shape index (κ2) is 5.60. The van der Waals surface area contributed by atoms with E-state index in [1.54, 1.807) is 0 Å². The van der Waals surface area contributed by atoms with Gasteiger partial charge in [0.15, 0.2) is 0 Å². The second-order valence-corrected chi connectivity index (χ2v) is 3.37. The molecule has 0 radical (unpaired) electrons. The van der Waals surface area contributed by atoms with Gasteiger partial charge in [-0.15, -0.1) is 12.3 Å². The number of likely N-dealkylation sites (N-methyl/N-ethyl adjacent to an activating group) is 1. The van der Waals surface area contributed by atoms with E-state index >= 15 is 0 Å². The van der Waals surface area contributed by atoms with Crippen LogP contribution in [-0.4, -0.2) is 24.5 Å². The third kappa shape index (κ3) is 4.54. The molecule has 0 saturated heterocycles. The summed E-state index contributed by atoms with van der Waals surface area (Å²) in [6.07, 6.45) is 5.64. The summed E-state index contributed by atoms with van der Waals surface area (Å²) in [4.78, 5) is 11.5. The number of rotatable bonds is 5. The van der Waals surface area contributed by atoms with Gasteiger partial charge in [-0.1, -0.05) is 6.92 Å². The van der Waals surface area contributed by atoms with Gasteiger partial charge in [0.05, 0.1) is 5.54 Å². The van der Waals surface area contributed by atoms with Crippen LogP contribution in [0.1, 0.15) is 27.2 Å². The van der Waals surface area contributed by atoms with Crippen LogP contribution >= 0.6 is 0 Å². The lowest BCUT2D eigenvalue weighted by Gasteiger charge is -2.24. The first-order chi connectivity index (χ1) is 6.04. The van der Waals surface area contributed by atoms with Gasteiger partial charge in [0.2, 0.25) is 5.91 Å². The minimum Gasteiger partial charge on any atom is -0.354 e. The van der Waals surface area contributed by atoms with Crippen LogP contribution in [0.25, 0.3) is 0 Å². The molecule has 0 saturated carbocycles. The van der Waals surface area contributed by atoms with E-state index in [4.69, 9.17) is 6.42 Å². The van der Waals surface area contributed by atoms with Crippen LogP contribution < -0.4 is 10.6 Å². The molecule has 3 nitrogen and oxygen atoms in total. The molecule has 0 aromatic carbocycles. The molecule has 0 rings (SSSR count). The predicted octanol–water partition coefficient (Wildman–Crippen LogP) is 0.514. The van der Waals surface area contributed by atoms with Crippen molar-refractivity contribution in [3.8, 4) is 12.3 Å². The zero-order chi connectivity index (χ0) is 10.3. The molecule has 3 heteroatoms. The number of carbonyl (C=O) groups excluding carboxylic acids is 1. The first-order valence-electron chi connectivity index (χ1n) is 4.51. The van der Waals surface area contributed by atoms with E-state index in [2.05, 4.69) is 16.6 Å². The first-order valence-corrected chi connectivity index (χ1v) is 4.51. The molecule has 1 amide bonds. The van der Waals surface area contributed by atoms with Crippen molar-refractivity contribution in [1.29, 1.82) is 0 Å². The molecular weight excluding hydrogens is 164 g/mol. The molecule has 74 valence electrons. The quantitative estimate of drug-likeness (QED) is 0.480. The summed E-state index contributed by atoms with van der Waals surface area (Å²) in [6, 6.07) is 0. The van der Waals surface area contributed by atoms with E-state index in [0.29, 0.717) is 13.0 Å². The summed E-state index contributed by atoms with van der Waals surface area (Å²) >= 11 is 0. The Balaban J connectivity index is 3.88. The Labute approximate surface area is 80.3 Å². The van der Waals surface area contributed by atoms with E-state index in [1.165, 1.54) is 0 Å². The van der Waals surface area contributed by atoms with E-state index in [9.17, 15) is 4.79 Å². The molecule has 0 aliphatic rings. The fourth-order valence-electron chi connectivity index (χ4n) is 0.991. The Morgan fingerprint density at radius 2 is 2.15 bits per heavy atom. The summed E-state index contributed by atoms with van der Waals surface area (Å²) < 4.78 is 0. The Bertz CT molecular complexity index is 203. The van der Waals surface area contributed by atoms with Crippen molar-refractivity contribution in [2.24, 2.45) is 0 Å². The van der Waals surface area contributed by atoms with Gasteiger partial charge in [-0.05, 0) is 20.4 Å². The van der Waals surface area contributed by atoms with Crippen LogP contribution in [0.2, 0.25) is 0 Å². The van der Waals surface area contributed by atoms with Crippen molar-refractivity contribution in [1.82, 2.24) is 10.6 Å². The van der Waals surface area contributed by atoms with Gasteiger partial charge in [0, 0.05) is 13.0 Å². The van der Waals surface area contributed by atoms with Crippen molar-refractivity contribution in [3.63, 3.8) is 0 Å². The average molecular weight is 182 g/mol. The fraction of sp³-hybridized carbons (Fsp3) is 0.700. The standard InChI is InChI=1S/C10H18N2O/c1-5-7-8-11-9(13)10(3,4)12-6-2/h1,12H,6-8H2,2-4H3,(H,11,13). The number of terminal acetylenes is 1. The summed E-state index contributed by atoms with van der Waals surface area (Å²) in [5.41, 5.74) is -0.511. The lowest BCUT2D eigenvalue weighted by molar-refractivity contribution is -0.126. The van der Waals surface area contributed by atoms with Gasteiger partial charge in [-0.25, -0.2) is 0 Å². The average Bonchev–Trinajstić information content (AvgIpc) is 2.04. The van der Waals surface area contributed by atoms with Gasteiger partial charge < -0.3 is 10.6 Å². The zero-order valence-electron chi connectivity index (χ0n) is 8.61. The molecule has 13 heavy (non-hydrogen) atoms. The Kier molecular flexibility index (Phi) is 5.17. The third-order valence-corrected chi connectivity index (χ3v) is 1.74. The SMILES string of the molecule is C#CCCNC(=O)C(C)(C)NCC. The maximum atomic E-state index is 11.5. The Hall–Kier alpha value is -1.01. The van der Waals surface area contributed by atoms with Crippen LogP contribution in [0.15, 0.2) is 0 Å². The van der Waals surface area contributed by atoms with Gasteiger partial charge in [0.25, 0.3) is 0 Å². The van der Waals surface area contributed by atoms with Crippen molar-refractivity contribution < 1.29 is 4.79 Å². The number of amides is 1. The molecule has 0 aromatic heterocycles. The monoisotopic (exact) mass is 182 g/mol. The van der Waals surface area contributed by atoms with E-state index in [-0.39, 0.29) is 5.91 Å². The van der Waals surface area contributed by atoms with E-state index in [1.807, 2.05) is 20.8 Å². The van der Waals surface area contributed by atoms with Crippen molar-refractivity contribution >= 4 is 5.91 Å². The minimum atomic E-state index is -0.511. The van der Waals surface area contributed by atoms with Crippen molar-refractivity contribution in [3.05, 3.63) is 0 Å². The topological polar surface area (TPSA) is 41.1 Å². The van der Waals surface area contributed by atoms with Crippen LogP contribution in [-0.2, 0) is 4.79 Å². The zero-order valence-corrected chi connectivity index (χ0v) is 8.61. The van der Waals surface area contributed by atoms with Crippen molar-refractivity contribution in [2.75, 3.05) is 13.1 Å². The van der Waals surface area contributed by atoms with E-state index < -0.39 is 5.54 Å². The largest absolute Gasteiger partial charge is 0.354 e. The lowest BCUT2D eigenvalue weighted by atomic mass is 10.0. The smallest absolute Gasteiger partial charge is 0.239 e. The molecule has 0 bridgehead atoms. The first kappa shape index (κ1) is 12.0. The van der Waals surface area contributed by atoms with Crippen LogP contribution in [0.5, 0.6) is 0 Å². The molecular formula is C10H18N2O. The lowest BCUT2D eigenvalue weighted by Crippen LogP contribution is -2.52. The normalized spacial score (nSPS) is 10.6. The number of nitrogens with one attached hydrogen (secondary N) is 2. The number of hydrogen-bond acceptors (Lipinski definition) is 2. The van der Waals surface area contributed by atoms with Gasteiger partial charge in [0.1, 0.15) is 0 Å².